The molecule has 14 heavy (non-hydrogen) atoms. The lowest BCUT2D eigenvalue weighted by atomic mass is 9.86. The second-order valence-corrected chi connectivity index (χ2v) is 3.60. The molecule has 0 spiro atoms. The summed E-state index contributed by atoms with van der Waals surface area (Å²) >= 11 is 0. The van der Waals surface area contributed by atoms with Gasteiger partial charge in [0, 0.05) is 12.8 Å². The van der Waals surface area contributed by atoms with E-state index in [-0.39, 0.29) is 11.7 Å². The molecular weight excluding hydrogens is 176 g/mol. The van der Waals surface area contributed by atoms with Gasteiger partial charge >= 0.3 is 0 Å². The number of aliphatic hydroxyl groups is 1. The fraction of sp³-hybridized carbons (Fsp3) is 0.417. The third-order valence-corrected chi connectivity index (χ3v) is 2.27. The molecule has 0 saturated heterocycles. The molecule has 2 atom stereocenters. The zero-order valence-corrected chi connectivity index (χ0v) is 8.23. The summed E-state index contributed by atoms with van der Waals surface area (Å²) in [6.07, 6.45) is 10.4. The first-order valence-corrected chi connectivity index (χ1v) is 4.88. The second-order valence-electron chi connectivity index (χ2n) is 3.60. The molecule has 2 nitrogen and oxygen atoms in total. The third kappa shape index (κ3) is 3.71. The highest BCUT2D eigenvalue weighted by Crippen LogP contribution is 2.22. The van der Waals surface area contributed by atoms with Gasteiger partial charge < -0.3 is 5.11 Å². The van der Waals surface area contributed by atoms with Crippen molar-refractivity contribution < 1.29 is 9.90 Å². The minimum absolute atomic E-state index is 0.158. The van der Waals surface area contributed by atoms with E-state index in [0.717, 1.165) is 0 Å². The Kier molecular flexibility index (Phi) is 4.33. The van der Waals surface area contributed by atoms with Crippen LogP contribution in [0.4, 0.5) is 0 Å². The van der Waals surface area contributed by atoms with E-state index in [9.17, 15) is 9.90 Å². The van der Waals surface area contributed by atoms with Gasteiger partial charge in [0.25, 0.3) is 0 Å². The topological polar surface area (TPSA) is 37.3 Å². The van der Waals surface area contributed by atoms with Gasteiger partial charge in [0.05, 0.1) is 6.10 Å². The van der Waals surface area contributed by atoms with Gasteiger partial charge in [-0.15, -0.1) is 0 Å². The van der Waals surface area contributed by atoms with Crippen LogP contribution in [0.3, 0.4) is 0 Å². The van der Waals surface area contributed by atoms with Gasteiger partial charge in [0.1, 0.15) is 5.78 Å². The summed E-state index contributed by atoms with van der Waals surface area (Å²) in [6.45, 7) is 3.55. The van der Waals surface area contributed by atoms with Crippen molar-refractivity contribution in [1.82, 2.24) is 0 Å². The summed E-state index contributed by atoms with van der Waals surface area (Å²) in [4.78, 5) is 11.1. The number of carbonyl (C=O) groups excluding carboxylic acids is 1. The Morgan fingerprint density at radius 1 is 1.29 bits per heavy atom. The number of allylic oxidation sites excluding steroid dienone is 5. The average molecular weight is 192 g/mol. The molecule has 0 radical (unpaired) electrons. The Bertz CT molecular complexity index is 263. The summed E-state index contributed by atoms with van der Waals surface area (Å²) in [5.41, 5.74) is 0. The fourth-order valence-corrected chi connectivity index (χ4v) is 1.67. The summed E-state index contributed by atoms with van der Waals surface area (Å²) in [5.74, 6) is 0.354. The Morgan fingerprint density at radius 3 is 2.71 bits per heavy atom. The van der Waals surface area contributed by atoms with Gasteiger partial charge in [0.2, 0.25) is 0 Å². The molecule has 1 N–H and O–H groups in total. The zero-order valence-electron chi connectivity index (χ0n) is 8.23. The maximum Gasteiger partial charge on any atom is 0.136 e. The van der Waals surface area contributed by atoms with Gasteiger partial charge in [-0.2, -0.15) is 0 Å². The molecule has 2 unspecified atom stereocenters. The average Bonchev–Trinajstić information content (AvgIpc) is 2.11. The largest absolute Gasteiger partial charge is 0.393 e. The second kappa shape index (κ2) is 5.55. The standard InChI is InChI=1S/C12H16O2/c1-2-3-4-5-6-10-7-11(13)9-12(14)8-10/h2-6,10-11,13H,1,7-9H2/b4-3-,6-5+. The molecular formula is C12H16O2. The molecule has 76 valence electrons. The van der Waals surface area contributed by atoms with Crippen molar-refractivity contribution in [2.24, 2.45) is 5.92 Å². The highest BCUT2D eigenvalue weighted by atomic mass is 16.3. The smallest absolute Gasteiger partial charge is 0.136 e. The first-order chi connectivity index (χ1) is 6.72. The van der Waals surface area contributed by atoms with Crippen molar-refractivity contribution in [2.75, 3.05) is 0 Å². The van der Waals surface area contributed by atoms with E-state index in [0.29, 0.717) is 19.3 Å². The molecule has 1 fully saturated rings. The lowest BCUT2D eigenvalue weighted by molar-refractivity contribution is -0.124. The minimum Gasteiger partial charge on any atom is -0.393 e. The lowest BCUT2D eigenvalue weighted by Gasteiger charge is -2.21. The van der Waals surface area contributed by atoms with Crippen molar-refractivity contribution in [3.63, 3.8) is 0 Å². The van der Waals surface area contributed by atoms with Crippen LogP contribution in [-0.2, 0) is 4.79 Å². The number of carbonyl (C=O) groups is 1. The van der Waals surface area contributed by atoms with Gasteiger partial charge in [-0.05, 0) is 12.3 Å². The minimum atomic E-state index is -0.450. The predicted molar refractivity (Wildman–Crippen MR) is 56.8 cm³/mol. The predicted octanol–water partition coefficient (Wildman–Crippen LogP) is 2.01. The molecule has 2 heteroatoms. The Morgan fingerprint density at radius 2 is 2.07 bits per heavy atom. The number of hydrogen-bond acceptors (Lipinski definition) is 2. The van der Waals surface area contributed by atoms with Crippen LogP contribution in [-0.4, -0.2) is 17.0 Å². The molecule has 0 amide bonds. The van der Waals surface area contributed by atoms with E-state index in [1.807, 2.05) is 24.3 Å². The molecule has 1 saturated carbocycles. The van der Waals surface area contributed by atoms with Crippen LogP contribution >= 0.6 is 0 Å². The number of hydrogen-bond donors (Lipinski definition) is 1. The summed E-state index contributed by atoms with van der Waals surface area (Å²) in [7, 11) is 0. The van der Waals surface area contributed by atoms with E-state index >= 15 is 0 Å². The van der Waals surface area contributed by atoms with Crippen LogP contribution in [0, 0.1) is 5.92 Å². The third-order valence-electron chi connectivity index (χ3n) is 2.27. The normalized spacial score (nSPS) is 28.8. The quantitative estimate of drug-likeness (QED) is 0.694. The molecule has 0 aromatic heterocycles. The van der Waals surface area contributed by atoms with Crippen LogP contribution in [0.25, 0.3) is 0 Å². The van der Waals surface area contributed by atoms with Crippen molar-refractivity contribution in [1.29, 1.82) is 0 Å². The number of Topliss-reactive ketones (excluding diaryl/α,β-unsaturated/α-hetero) is 1. The van der Waals surface area contributed by atoms with Gasteiger partial charge in [-0.1, -0.05) is 37.0 Å². The maximum atomic E-state index is 11.1. The van der Waals surface area contributed by atoms with Crippen molar-refractivity contribution >= 4 is 5.78 Å². The molecule has 1 aliphatic rings. The first kappa shape index (κ1) is 10.9. The van der Waals surface area contributed by atoms with Crippen molar-refractivity contribution in [3.8, 4) is 0 Å². The lowest BCUT2D eigenvalue weighted by Crippen LogP contribution is -2.25. The van der Waals surface area contributed by atoms with E-state index in [4.69, 9.17) is 0 Å². The van der Waals surface area contributed by atoms with Gasteiger partial charge in [-0.25, -0.2) is 0 Å². The molecule has 0 aromatic carbocycles. The summed E-state index contributed by atoms with van der Waals surface area (Å²) in [5, 5.41) is 9.36. The highest BCUT2D eigenvalue weighted by molar-refractivity contribution is 5.80. The summed E-state index contributed by atoms with van der Waals surface area (Å²) in [6, 6.07) is 0. The van der Waals surface area contributed by atoms with Crippen molar-refractivity contribution in [2.45, 2.75) is 25.4 Å². The highest BCUT2D eigenvalue weighted by Gasteiger charge is 2.23. The molecule has 0 aromatic rings. The molecule has 1 aliphatic carbocycles. The summed E-state index contributed by atoms with van der Waals surface area (Å²) < 4.78 is 0. The van der Waals surface area contributed by atoms with Crippen molar-refractivity contribution in [3.05, 3.63) is 37.0 Å². The zero-order chi connectivity index (χ0) is 10.4. The van der Waals surface area contributed by atoms with E-state index in [2.05, 4.69) is 6.58 Å². The molecule has 0 aliphatic heterocycles. The number of ketones is 1. The van der Waals surface area contributed by atoms with E-state index in [1.165, 1.54) is 0 Å². The van der Waals surface area contributed by atoms with Crippen LogP contribution in [0.1, 0.15) is 19.3 Å². The Labute approximate surface area is 84.6 Å². The number of aliphatic hydroxyl groups excluding tert-OH is 1. The Balaban J connectivity index is 2.44. The van der Waals surface area contributed by atoms with Gasteiger partial charge in [-0.3, -0.25) is 4.79 Å². The van der Waals surface area contributed by atoms with Crippen LogP contribution in [0.2, 0.25) is 0 Å². The monoisotopic (exact) mass is 192 g/mol. The van der Waals surface area contributed by atoms with E-state index < -0.39 is 6.10 Å². The molecule has 0 heterocycles. The van der Waals surface area contributed by atoms with Gasteiger partial charge in [0.15, 0.2) is 0 Å². The molecule has 1 rings (SSSR count). The molecule has 0 bridgehead atoms. The Hall–Kier alpha value is -1.15. The van der Waals surface area contributed by atoms with Crippen LogP contribution < -0.4 is 0 Å². The number of rotatable bonds is 3. The van der Waals surface area contributed by atoms with Crippen LogP contribution in [0.5, 0.6) is 0 Å². The SMILES string of the molecule is C=C/C=C\C=C\C1CC(=O)CC(O)C1. The fourth-order valence-electron chi connectivity index (χ4n) is 1.67. The maximum absolute atomic E-state index is 11.1. The first-order valence-electron chi connectivity index (χ1n) is 4.88. The van der Waals surface area contributed by atoms with E-state index in [1.54, 1.807) is 6.08 Å². The van der Waals surface area contributed by atoms with Crippen LogP contribution in [0.15, 0.2) is 37.0 Å².